The minimum absolute atomic E-state index is 0.0411. The number of aromatic nitrogens is 1. The summed E-state index contributed by atoms with van der Waals surface area (Å²) in [6.07, 6.45) is 0.346. The van der Waals surface area contributed by atoms with E-state index in [9.17, 15) is 4.79 Å². The number of rotatable bonds is 3. The second-order valence-electron chi connectivity index (χ2n) is 3.75. The molecule has 1 heterocycles. The van der Waals surface area contributed by atoms with Gasteiger partial charge >= 0.3 is 0 Å². The van der Waals surface area contributed by atoms with Gasteiger partial charge in [0, 0.05) is 28.6 Å². The molecule has 0 aliphatic carbocycles. The highest BCUT2D eigenvalue weighted by Crippen LogP contribution is 2.29. The summed E-state index contributed by atoms with van der Waals surface area (Å²) in [5.74, 6) is 0.0411. The highest BCUT2D eigenvalue weighted by atomic mass is 35.5. The minimum atomic E-state index is 0.0411. The zero-order valence-electron chi connectivity index (χ0n) is 9.01. The summed E-state index contributed by atoms with van der Waals surface area (Å²) >= 11 is 6.12. The number of halogens is 1. The number of aryl methyl sites for hydroxylation is 1. The van der Waals surface area contributed by atoms with Gasteiger partial charge in [0.25, 0.3) is 0 Å². The molecule has 0 radical (unpaired) electrons. The van der Waals surface area contributed by atoms with Crippen molar-refractivity contribution >= 4 is 28.3 Å². The lowest BCUT2D eigenvalue weighted by atomic mass is 10.0. The maximum absolute atomic E-state index is 11.9. The highest BCUT2D eigenvalue weighted by molar-refractivity contribution is 6.37. The second kappa shape index (κ2) is 4.28. The Balaban J connectivity index is 2.68. The number of nitrogens with two attached hydrogens (primary N) is 1. The number of hydrogen-bond donors (Lipinski definition) is 2. The van der Waals surface area contributed by atoms with Crippen LogP contribution in [-0.2, 0) is 0 Å². The standard InChI is InChI=1S/C12H13ClN2O/c1-7-11(10(16)5-6-14)12-8(13)3-2-4-9(12)15-7/h2-4,15H,5-6,14H2,1H3. The monoisotopic (exact) mass is 236 g/mol. The van der Waals surface area contributed by atoms with Crippen molar-refractivity contribution in [3.8, 4) is 0 Å². The Morgan fingerprint density at radius 3 is 2.94 bits per heavy atom. The van der Waals surface area contributed by atoms with Crippen LogP contribution >= 0.6 is 11.6 Å². The number of benzene rings is 1. The molecular formula is C12H13ClN2O. The molecular weight excluding hydrogens is 224 g/mol. The van der Waals surface area contributed by atoms with Gasteiger partial charge in [-0.1, -0.05) is 17.7 Å². The number of nitrogens with one attached hydrogen (secondary N) is 1. The zero-order valence-corrected chi connectivity index (χ0v) is 9.77. The lowest BCUT2D eigenvalue weighted by Crippen LogP contribution is -2.08. The summed E-state index contributed by atoms with van der Waals surface area (Å²) < 4.78 is 0. The summed E-state index contributed by atoms with van der Waals surface area (Å²) in [4.78, 5) is 15.1. The molecule has 0 atom stereocenters. The van der Waals surface area contributed by atoms with Crippen LogP contribution in [-0.4, -0.2) is 17.3 Å². The summed E-state index contributed by atoms with van der Waals surface area (Å²) in [6, 6.07) is 5.56. The van der Waals surface area contributed by atoms with E-state index in [0.717, 1.165) is 16.6 Å². The van der Waals surface area contributed by atoms with Gasteiger partial charge in [-0.25, -0.2) is 0 Å². The summed E-state index contributed by atoms with van der Waals surface area (Å²) in [5, 5.41) is 1.40. The summed E-state index contributed by atoms with van der Waals surface area (Å²) in [7, 11) is 0. The van der Waals surface area contributed by atoms with Crippen LogP contribution in [0.1, 0.15) is 22.5 Å². The predicted octanol–water partition coefficient (Wildman–Crippen LogP) is 2.66. The molecule has 0 amide bonds. The normalized spacial score (nSPS) is 10.9. The van der Waals surface area contributed by atoms with Crippen molar-refractivity contribution in [2.24, 2.45) is 5.73 Å². The number of hydrogen-bond acceptors (Lipinski definition) is 2. The fourth-order valence-corrected chi connectivity index (χ4v) is 2.21. The zero-order chi connectivity index (χ0) is 11.7. The number of aromatic amines is 1. The van der Waals surface area contributed by atoms with Crippen molar-refractivity contribution < 1.29 is 4.79 Å². The molecule has 0 spiro atoms. The molecule has 0 saturated carbocycles. The van der Waals surface area contributed by atoms with Crippen LogP contribution in [0.25, 0.3) is 10.9 Å². The van der Waals surface area contributed by atoms with Gasteiger partial charge in [-0.05, 0) is 25.6 Å². The molecule has 1 aromatic carbocycles. The summed E-state index contributed by atoms with van der Waals surface area (Å²) in [5.41, 5.74) is 7.82. The van der Waals surface area contributed by atoms with E-state index in [1.54, 1.807) is 6.07 Å². The highest BCUT2D eigenvalue weighted by Gasteiger charge is 2.17. The molecule has 84 valence electrons. The quantitative estimate of drug-likeness (QED) is 0.805. The van der Waals surface area contributed by atoms with E-state index < -0.39 is 0 Å². The lowest BCUT2D eigenvalue weighted by Gasteiger charge is -2.00. The smallest absolute Gasteiger partial charge is 0.166 e. The fourth-order valence-electron chi connectivity index (χ4n) is 1.94. The first-order valence-electron chi connectivity index (χ1n) is 5.15. The Hall–Kier alpha value is -1.32. The third-order valence-electron chi connectivity index (χ3n) is 2.61. The topological polar surface area (TPSA) is 58.9 Å². The first-order valence-corrected chi connectivity index (χ1v) is 5.53. The molecule has 0 fully saturated rings. The Morgan fingerprint density at radius 2 is 2.25 bits per heavy atom. The van der Waals surface area contributed by atoms with Crippen LogP contribution in [0.3, 0.4) is 0 Å². The van der Waals surface area contributed by atoms with E-state index >= 15 is 0 Å². The average molecular weight is 237 g/mol. The third-order valence-corrected chi connectivity index (χ3v) is 2.93. The van der Waals surface area contributed by atoms with Crippen LogP contribution in [0.5, 0.6) is 0 Å². The van der Waals surface area contributed by atoms with Gasteiger partial charge in [0.05, 0.1) is 5.02 Å². The van der Waals surface area contributed by atoms with Crippen LogP contribution in [0.4, 0.5) is 0 Å². The van der Waals surface area contributed by atoms with E-state index in [1.807, 2.05) is 19.1 Å². The van der Waals surface area contributed by atoms with Gasteiger partial charge < -0.3 is 10.7 Å². The molecule has 2 rings (SSSR count). The van der Waals surface area contributed by atoms with Crippen molar-refractivity contribution in [2.45, 2.75) is 13.3 Å². The molecule has 0 saturated heterocycles. The van der Waals surface area contributed by atoms with E-state index in [-0.39, 0.29) is 5.78 Å². The number of fused-ring (bicyclic) bond motifs is 1. The van der Waals surface area contributed by atoms with Crippen molar-refractivity contribution in [1.82, 2.24) is 4.98 Å². The van der Waals surface area contributed by atoms with Gasteiger partial charge in [0.1, 0.15) is 0 Å². The van der Waals surface area contributed by atoms with Gasteiger partial charge in [0.15, 0.2) is 5.78 Å². The average Bonchev–Trinajstić information content (AvgIpc) is 2.56. The van der Waals surface area contributed by atoms with Gasteiger partial charge in [-0.3, -0.25) is 4.79 Å². The van der Waals surface area contributed by atoms with E-state index in [2.05, 4.69) is 4.98 Å². The number of carbonyl (C=O) groups excluding carboxylic acids is 1. The largest absolute Gasteiger partial charge is 0.358 e. The van der Waals surface area contributed by atoms with Crippen molar-refractivity contribution in [3.63, 3.8) is 0 Å². The Bertz CT molecular complexity index is 545. The third kappa shape index (κ3) is 1.72. The number of ketones is 1. The SMILES string of the molecule is Cc1[nH]c2cccc(Cl)c2c1C(=O)CCN. The molecule has 16 heavy (non-hydrogen) atoms. The lowest BCUT2D eigenvalue weighted by molar-refractivity contribution is 0.0986. The Morgan fingerprint density at radius 1 is 1.50 bits per heavy atom. The Labute approximate surface area is 98.6 Å². The molecule has 3 N–H and O–H groups in total. The molecule has 4 heteroatoms. The molecule has 0 aliphatic heterocycles. The maximum Gasteiger partial charge on any atom is 0.166 e. The number of Topliss-reactive ketones (excluding diaryl/α,β-unsaturated/α-hetero) is 1. The fraction of sp³-hybridized carbons (Fsp3) is 0.250. The first kappa shape index (κ1) is 11.2. The molecule has 0 bridgehead atoms. The van der Waals surface area contributed by atoms with E-state index in [0.29, 0.717) is 23.6 Å². The van der Waals surface area contributed by atoms with Crippen molar-refractivity contribution in [1.29, 1.82) is 0 Å². The van der Waals surface area contributed by atoms with Gasteiger partial charge in [0.2, 0.25) is 0 Å². The number of H-pyrrole nitrogens is 1. The van der Waals surface area contributed by atoms with Crippen molar-refractivity contribution in [2.75, 3.05) is 6.54 Å². The molecule has 3 nitrogen and oxygen atoms in total. The first-order chi connectivity index (χ1) is 7.65. The van der Waals surface area contributed by atoms with Gasteiger partial charge in [-0.15, -0.1) is 0 Å². The van der Waals surface area contributed by atoms with Crippen LogP contribution in [0, 0.1) is 6.92 Å². The van der Waals surface area contributed by atoms with E-state index in [4.69, 9.17) is 17.3 Å². The van der Waals surface area contributed by atoms with Crippen LogP contribution < -0.4 is 5.73 Å². The number of carbonyl (C=O) groups is 1. The van der Waals surface area contributed by atoms with E-state index in [1.165, 1.54) is 0 Å². The Kier molecular flexibility index (Phi) is 2.99. The molecule has 2 aromatic rings. The van der Waals surface area contributed by atoms with Crippen molar-refractivity contribution in [3.05, 3.63) is 34.5 Å². The van der Waals surface area contributed by atoms with Crippen LogP contribution in [0.15, 0.2) is 18.2 Å². The molecule has 1 aromatic heterocycles. The molecule has 0 aliphatic rings. The maximum atomic E-state index is 11.9. The second-order valence-corrected chi connectivity index (χ2v) is 4.16. The van der Waals surface area contributed by atoms with Crippen LogP contribution in [0.2, 0.25) is 5.02 Å². The minimum Gasteiger partial charge on any atom is -0.358 e. The summed E-state index contributed by atoms with van der Waals surface area (Å²) in [6.45, 7) is 2.23. The molecule has 0 unspecified atom stereocenters. The predicted molar refractivity (Wildman–Crippen MR) is 66.0 cm³/mol. The van der Waals surface area contributed by atoms with Gasteiger partial charge in [-0.2, -0.15) is 0 Å².